The van der Waals surface area contributed by atoms with Crippen LogP contribution in [0.3, 0.4) is 0 Å². The van der Waals surface area contributed by atoms with Crippen LogP contribution in [0.5, 0.6) is 11.5 Å². The Labute approximate surface area is 238 Å². The minimum atomic E-state index is 0.355. The van der Waals surface area contributed by atoms with Crippen molar-refractivity contribution in [3.8, 4) is 33.9 Å². The summed E-state index contributed by atoms with van der Waals surface area (Å²) in [5.74, 6) is 1.62. The number of ether oxygens (including phenoxy) is 2. The van der Waals surface area contributed by atoms with E-state index in [4.69, 9.17) is 42.9 Å². The molecule has 0 saturated carbocycles. The maximum Gasteiger partial charge on any atom is 0.178 e. The first-order valence-corrected chi connectivity index (χ1v) is 13.5. The van der Waals surface area contributed by atoms with Crippen LogP contribution in [0.15, 0.2) is 102 Å². The summed E-state index contributed by atoms with van der Waals surface area (Å²) in [5, 5.41) is 5.47. The summed E-state index contributed by atoms with van der Waals surface area (Å²) in [4.78, 5) is 0. The van der Waals surface area contributed by atoms with E-state index in [0.29, 0.717) is 59.0 Å². The van der Waals surface area contributed by atoms with Gasteiger partial charge in [-0.2, -0.15) is 0 Å². The van der Waals surface area contributed by atoms with Crippen LogP contribution in [0, 0.1) is 0 Å². The van der Waals surface area contributed by atoms with E-state index in [-0.39, 0.29) is 0 Å². The number of aryl methyl sites for hydroxylation is 1. The molecule has 0 bridgehead atoms. The summed E-state index contributed by atoms with van der Waals surface area (Å²) >= 11 is 13.1. The molecule has 39 heavy (non-hydrogen) atoms. The highest BCUT2D eigenvalue weighted by Gasteiger charge is 2.24. The van der Waals surface area contributed by atoms with Crippen molar-refractivity contribution in [2.75, 3.05) is 6.54 Å². The summed E-state index contributed by atoms with van der Waals surface area (Å²) in [5.41, 5.74) is 11.1. The fourth-order valence-corrected chi connectivity index (χ4v) is 4.71. The Morgan fingerprint density at radius 1 is 0.744 bits per heavy atom. The highest BCUT2D eigenvalue weighted by molar-refractivity contribution is 6.32. The lowest BCUT2D eigenvalue weighted by atomic mass is 9.97. The number of rotatable bonds is 11. The Kier molecular flexibility index (Phi) is 8.84. The average molecular weight is 559 g/mol. The Morgan fingerprint density at radius 2 is 1.41 bits per heavy atom. The zero-order valence-corrected chi connectivity index (χ0v) is 22.8. The highest BCUT2D eigenvalue weighted by atomic mass is 35.5. The molecule has 1 heterocycles. The van der Waals surface area contributed by atoms with Gasteiger partial charge in [-0.05, 0) is 54.3 Å². The molecule has 5 rings (SSSR count). The van der Waals surface area contributed by atoms with Gasteiger partial charge in [-0.25, -0.2) is 0 Å². The summed E-state index contributed by atoms with van der Waals surface area (Å²) in [7, 11) is 0. The molecule has 4 aromatic carbocycles. The summed E-state index contributed by atoms with van der Waals surface area (Å²) in [6.07, 6.45) is 1.43. The van der Waals surface area contributed by atoms with E-state index in [2.05, 4.69) is 5.16 Å². The zero-order chi connectivity index (χ0) is 27.0. The van der Waals surface area contributed by atoms with Gasteiger partial charge in [0.1, 0.15) is 24.7 Å². The van der Waals surface area contributed by atoms with Crippen LogP contribution in [-0.2, 0) is 19.6 Å². The topological polar surface area (TPSA) is 70.5 Å². The Hall–Kier alpha value is -3.77. The molecule has 0 aliphatic carbocycles. The lowest BCUT2D eigenvalue weighted by Crippen LogP contribution is -2.02. The predicted molar refractivity (Wildman–Crippen MR) is 156 cm³/mol. The van der Waals surface area contributed by atoms with Crippen molar-refractivity contribution in [1.82, 2.24) is 5.16 Å². The van der Waals surface area contributed by atoms with Crippen LogP contribution >= 0.6 is 23.2 Å². The van der Waals surface area contributed by atoms with Crippen molar-refractivity contribution in [2.45, 2.75) is 26.1 Å². The quantitative estimate of drug-likeness (QED) is 0.176. The van der Waals surface area contributed by atoms with Crippen LogP contribution in [-0.4, -0.2) is 11.7 Å². The molecule has 5 nitrogen and oxygen atoms in total. The van der Waals surface area contributed by atoms with Crippen molar-refractivity contribution in [2.24, 2.45) is 5.73 Å². The fraction of sp³-hybridized carbons (Fsp3) is 0.156. The molecule has 0 fully saturated rings. The van der Waals surface area contributed by atoms with E-state index < -0.39 is 0 Å². The van der Waals surface area contributed by atoms with Gasteiger partial charge < -0.3 is 19.7 Å². The molecule has 7 heteroatoms. The zero-order valence-electron chi connectivity index (χ0n) is 21.3. The molecule has 0 spiro atoms. The van der Waals surface area contributed by atoms with Gasteiger partial charge in [0.15, 0.2) is 5.76 Å². The lowest BCUT2D eigenvalue weighted by Gasteiger charge is -2.16. The molecule has 0 aliphatic rings. The van der Waals surface area contributed by atoms with E-state index in [9.17, 15) is 0 Å². The third-order valence-electron chi connectivity index (χ3n) is 6.25. The van der Waals surface area contributed by atoms with Gasteiger partial charge in [0.05, 0.1) is 21.8 Å². The second-order valence-electron chi connectivity index (χ2n) is 9.06. The summed E-state index contributed by atoms with van der Waals surface area (Å²) < 4.78 is 18.4. The lowest BCUT2D eigenvalue weighted by molar-refractivity contribution is 0.290. The van der Waals surface area contributed by atoms with Gasteiger partial charge in [0.2, 0.25) is 0 Å². The van der Waals surface area contributed by atoms with E-state index in [1.54, 1.807) is 0 Å². The molecule has 0 unspecified atom stereocenters. The molecular weight excluding hydrogens is 531 g/mol. The Bertz CT molecular complexity index is 1520. The summed E-state index contributed by atoms with van der Waals surface area (Å²) in [6.45, 7) is 1.27. The fourth-order valence-electron chi connectivity index (χ4n) is 4.30. The first kappa shape index (κ1) is 26.8. The smallest absolute Gasteiger partial charge is 0.178 e. The molecule has 5 aromatic rings. The first-order chi connectivity index (χ1) is 19.1. The van der Waals surface area contributed by atoms with E-state index in [1.807, 2.05) is 97.1 Å². The maximum absolute atomic E-state index is 6.77. The van der Waals surface area contributed by atoms with Crippen LogP contribution in [0.4, 0.5) is 0 Å². The third-order valence-corrected chi connectivity index (χ3v) is 6.78. The largest absolute Gasteiger partial charge is 0.488 e. The van der Waals surface area contributed by atoms with Gasteiger partial charge in [0.25, 0.3) is 0 Å². The molecule has 198 valence electrons. The van der Waals surface area contributed by atoms with E-state index in [0.717, 1.165) is 34.4 Å². The molecule has 1 aromatic heterocycles. The van der Waals surface area contributed by atoms with Crippen molar-refractivity contribution in [3.05, 3.63) is 124 Å². The first-order valence-electron chi connectivity index (χ1n) is 12.7. The van der Waals surface area contributed by atoms with Gasteiger partial charge >= 0.3 is 0 Å². The molecule has 2 N–H and O–H groups in total. The predicted octanol–water partition coefficient (Wildman–Crippen LogP) is 8.36. The van der Waals surface area contributed by atoms with Crippen LogP contribution in [0.2, 0.25) is 10.0 Å². The second kappa shape index (κ2) is 12.9. The van der Waals surface area contributed by atoms with Crippen molar-refractivity contribution in [1.29, 1.82) is 0 Å². The number of hydrogen-bond donors (Lipinski definition) is 1. The monoisotopic (exact) mass is 558 g/mol. The standard InChI is InChI=1S/C32H28Cl2N2O3/c33-25-14-7-13-24(17-25)31-28(15-8-16-35)36-39-32(31)26-18-27(34)30(38-21-23-11-5-2-6-12-23)19-29(26)37-20-22-9-3-1-4-10-22/h1-7,9-14,17-19H,8,15-16,20-21,35H2. The maximum atomic E-state index is 6.77. The minimum absolute atomic E-state index is 0.355. The number of halogens is 2. The highest BCUT2D eigenvalue weighted by Crippen LogP contribution is 2.44. The average Bonchev–Trinajstić information content (AvgIpc) is 3.39. The molecule has 0 amide bonds. The van der Waals surface area contributed by atoms with Gasteiger partial charge in [-0.15, -0.1) is 0 Å². The van der Waals surface area contributed by atoms with E-state index >= 15 is 0 Å². The second-order valence-corrected chi connectivity index (χ2v) is 9.91. The Balaban J connectivity index is 1.58. The number of nitrogens with two attached hydrogens (primary N) is 1. The Morgan fingerprint density at radius 3 is 2.05 bits per heavy atom. The van der Waals surface area contributed by atoms with Crippen molar-refractivity contribution in [3.63, 3.8) is 0 Å². The summed E-state index contributed by atoms with van der Waals surface area (Å²) in [6, 6.07) is 31.1. The number of aromatic nitrogens is 1. The normalized spacial score (nSPS) is 10.9. The van der Waals surface area contributed by atoms with Crippen LogP contribution in [0.1, 0.15) is 23.2 Å². The minimum Gasteiger partial charge on any atom is -0.488 e. The number of hydrogen-bond acceptors (Lipinski definition) is 5. The molecule has 0 aliphatic heterocycles. The van der Waals surface area contributed by atoms with Crippen molar-refractivity contribution >= 4 is 23.2 Å². The molecular formula is C32H28Cl2N2O3. The van der Waals surface area contributed by atoms with E-state index in [1.165, 1.54) is 0 Å². The van der Waals surface area contributed by atoms with Crippen LogP contribution in [0.25, 0.3) is 22.5 Å². The number of benzene rings is 4. The van der Waals surface area contributed by atoms with Gasteiger partial charge in [-0.1, -0.05) is 101 Å². The number of nitrogens with zero attached hydrogens (tertiary/aromatic N) is 1. The molecule has 0 atom stereocenters. The van der Waals surface area contributed by atoms with Crippen LogP contribution < -0.4 is 15.2 Å². The SMILES string of the molecule is NCCCc1noc(-c2cc(Cl)c(OCc3ccccc3)cc2OCc2ccccc2)c1-c1cccc(Cl)c1. The third kappa shape index (κ3) is 6.63. The molecule has 0 radical (unpaired) electrons. The molecule has 0 saturated heterocycles. The van der Waals surface area contributed by atoms with Gasteiger partial charge in [-0.3, -0.25) is 0 Å². The van der Waals surface area contributed by atoms with Gasteiger partial charge in [0, 0.05) is 11.1 Å². The van der Waals surface area contributed by atoms with Crippen molar-refractivity contribution < 1.29 is 14.0 Å².